The lowest BCUT2D eigenvalue weighted by Crippen LogP contribution is -2.07. The highest BCUT2D eigenvalue weighted by atomic mass is 32.1. The Hall–Kier alpha value is -2.21. The van der Waals surface area contributed by atoms with E-state index in [0.29, 0.717) is 15.9 Å². The summed E-state index contributed by atoms with van der Waals surface area (Å²) in [6.45, 7) is 0. The molecule has 3 aromatic heterocycles. The van der Waals surface area contributed by atoms with Crippen LogP contribution in [0.2, 0.25) is 0 Å². The van der Waals surface area contributed by atoms with E-state index in [9.17, 15) is 9.18 Å². The molecule has 0 spiro atoms. The summed E-state index contributed by atoms with van der Waals surface area (Å²) < 4.78 is 13.2. The Morgan fingerprint density at radius 3 is 3.00 bits per heavy atom. The highest BCUT2D eigenvalue weighted by Crippen LogP contribution is 2.33. The maximum absolute atomic E-state index is 13.2. The molecule has 0 fully saturated rings. The van der Waals surface area contributed by atoms with Crippen LogP contribution >= 0.6 is 11.3 Å². The van der Waals surface area contributed by atoms with E-state index in [4.69, 9.17) is 5.73 Å². The molecule has 3 N–H and O–H groups in total. The van der Waals surface area contributed by atoms with Gasteiger partial charge in [0.25, 0.3) is 5.91 Å². The molecule has 0 saturated carbocycles. The number of halogens is 1. The fourth-order valence-electron chi connectivity index (χ4n) is 1.80. The Balaban J connectivity index is 2.18. The van der Waals surface area contributed by atoms with Crippen molar-refractivity contribution >= 4 is 28.3 Å². The second kappa shape index (κ2) is 3.92. The van der Waals surface area contributed by atoms with E-state index < -0.39 is 11.7 Å². The van der Waals surface area contributed by atoms with Gasteiger partial charge < -0.3 is 10.7 Å². The van der Waals surface area contributed by atoms with Crippen LogP contribution in [-0.2, 0) is 0 Å². The number of nitrogens with two attached hydrogens (primary N) is 1. The topological polar surface area (TPSA) is 71.8 Å². The van der Waals surface area contributed by atoms with Gasteiger partial charge >= 0.3 is 0 Å². The smallest absolute Gasteiger partial charge is 0.258 e. The molecule has 0 aliphatic rings. The zero-order chi connectivity index (χ0) is 12.7. The van der Waals surface area contributed by atoms with Gasteiger partial charge in [0.05, 0.1) is 11.1 Å². The zero-order valence-electron chi connectivity index (χ0n) is 9.11. The predicted molar refractivity (Wildman–Crippen MR) is 67.9 cm³/mol. The first-order valence-electron chi connectivity index (χ1n) is 5.18. The molecule has 0 unspecified atom stereocenters. The maximum Gasteiger partial charge on any atom is 0.258 e. The Kier molecular flexibility index (Phi) is 2.38. The van der Waals surface area contributed by atoms with Gasteiger partial charge in [0.1, 0.15) is 11.5 Å². The molecule has 0 atom stereocenters. The maximum atomic E-state index is 13.2. The van der Waals surface area contributed by atoms with Crippen LogP contribution < -0.4 is 5.73 Å². The minimum Gasteiger partial charge on any atom is -0.365 e. The third kappa shape index (κ3) is 1.67. The number of fused-ring (bicyclic) bond motifs is 1. The molecule has 0 aliphatic heterocycles. The summed E-state index contributed by atoms with van der Waals surface area (Å²) in [7, 11) is 0. The van der Waals surface area contributed by atoms with Gasteiger partial charge in [-0.3, -0.25) is 4.79 Å². The summed E-state index contributed by atoms with van der Waals surface area (Å²) in [5.74, 6) is -0.856. The highest BCUT2D eigenvalue weighted by molar-refractivity contribution is 7.17. The van der Waals surface area contributed by atoms with Crippen LogP contribution in [0.5, 0.6) is 0 Å². The molecule has 18 heavy (non-hydrogen) atoms. The summed E-state index contributed by atoms with van der Waals surface area (Å²) in [6.07, 6.45) is 2.90. The molecule has 4 nitrogen and oxygen atoms in total. The van der Waals surface area contributed by atoms with Crippen molar-refractivity contribution in [3.63, 3.8) is 0 Å². The van der Waals surface area contributed by atoms with Crippen molar-refractivity contribution in [2.75, 3.05) is 0 Å². The minimum absolute atomic E-state index is 0.393. The Morgan fingerprint density at radius 1 is 1.44 bits per heavy atom. The number of primary amides is 1. The van der Waals surface area contributed by atoms with Gasteiger partial charge in [0.2, 0.25) is 0 Å². The van der Waals surface area contributed by atoms with Crippen LogP contribution in [-0.4, -0.2) is 15.9 Å². The lowest BCUT2D eigenvalue weighted by molar-refractivity contribution is 0.100. The van der Waals surface area contributed by atoms with Gasteiger partial charge in [0.15, 0.2) is 0 Å². The van der Waals surface area contributed by atoms with Crippen LogP contribution in [0.4, 0.5) is 4.39 Å². The summed E-state index contributed by atoms with van der Waals surface area (Å²) in [5.41, 5.74) is 6.63. The quantitative estimate of drug-likeness (QED) is 0.744. The van der Waals surface area contributed by atoms with E-state index in [0.717, 1.165) is 16.6 Å². The molecule has 0 aromatic carbocycles. The van der Waals surface area contributed by atoms with Crippen molar-refractivity contribution in [2.24, 2.45) is 5.73 Å². The molecule has 3 aromatic rings. The lowest BCUT2D eigenvalue weighted by atomic mass is 10.2. The number of carbonyl (C=O) groups excluding carboxylic acids is 1. The first-order chi connectivity index (χ1) is 8.65. The summed E-state index contributed by atoms with van der Waals surface area (Å²) in [6, 6.07) is 4.87. The molecule has 0 saturated heterocycles. The van der Waals surface area contributed by atoms with Gasteiger partial charge in [-0.1, -0.05) is 0 Å². The van der Waals surface area contributed by atoms with Crippen molar-refractivity contribution in [2.45, 2.75) is 0 Å². The van der Waals surface area contributed by atoms with Crippen LogP contribution in [0.1, 0.15) is 9.67 Å². The van der Waals surface area contributed by atoms with Crippen LogP contribution in [0.3, 0.4) is 0 Å². The minimum atomic E-state index is -0.463. The van der Waals surface area contributed by atoms with Gasteiger partial charge in [-0.15, -0.1) is 11.3 Å². The number of aromatic nitrogens is 2. The summed E-state index contributed by atoms with van der Waals surface area (Å²) in [5, 5.41) is 0.688. The molecule has 90 valence electrons. The number of nitrogens with zero attached hydrogens (tertiary/aromatic N) is 1. The summed E-state index contributed by atoms with van der Waals surface area (Å²) >= 11 is 1.27. The number of carbonyl (C=O) groups is 1. The van der Waals surface area contributed by atoms with Gasteiger partial charge in [-0.25, -0.2) is 9.37 Å². The molecule has 3 heterocycles. The second-order valence-electron chi connectivity index (χ2n) is 3.78. The lowest BCUT2D eigenvalue weighted by Gasteiger charge is -1.94. The van der Waals surface area contributed by atoms with Crippen LogP contribution in [0, 0.1) is 5.82 Å². The van der Waals surface area contributed by atoms with Gasteiger partial charge in [0, 0.05) is 22.0 Å². The molecule has 1 amide bonds. The molecule has 6 heteroatoms. The third-order valence-electron chi connectivity index (χ3n) is 2.61. The van der Waals surface area contributed by atoms with E-state index in [1.54, 1.807) is 18.3 Å². The van der Waals surface area contributed by atoms with Crippen molar-refractivity contribution in [1.82, 2.24) is 9.97 Å². The molecule has 0 aliphatic carbocycles. The van der Waals surface area contributed by atoms with E-state index in [1.807, 2.05) is 0 Å². The first-order valence-corrected chi connectivity index (χ1v) is 5.99. The van der Waals surface area contributed by atoms with E-state index in [1.165, 1.54) is 17.4 Å². The Morgan fingerprint density at radius 2 is 2.28 bits per heavy atom. The first kappa shape index (κ1) is 10.9. The van der Waals surface area contributed by atoms with Crippen LogP contribution in [0.15, 0.2) is 30.6 Å². The normalized spacial score (nSPS) is 10.9. The Labute approximate surface area is 105 Å². The predicted octanol–water partition coefficient (Wildman–Crippen LogP) is 2.53. The second-order valence-corrected chi connectivity index (χ2v) is 4.86. The zero-order valence-corrected chi connectivity index (χ0v) is 9.92. The van der Waals surface area contributed by atoms with Crippen LogP contribution in [0.25, 0.3) is 21.5 Å². The van der Waals surface area contributed by atoms with E-state index in [2.05, 4.69) is 9.97 Å². The number of amides is 1. The van der Waals surface area contributed by atoms with E-state index in [-0.39, 0.29) is 0 Å². The monoisotopic (exact) mass is 261 g/mol. The van der Waals surface area contributed by atoms with Crippen molar-refractivity contribution in [3.8, 4) is 10.4 Å². The Bertz CT molecular complexity index is 747. The molecule has 0 bridgehead atoms. The number of aromatic amines is 1. The highest BCUT2D eigenvalue weighted by Gasteiger charge is 2.12. The number of hydrogen-bond acceptors (Lipinski definition) is 3. The SMILES string of the molecule is NC(=O)c1ccc(-c2c[nH]c3ncc(F)cc23)s1. The average Bonchev–Trinajstić information content (AvgIpc) is 2.93. The average molecular weight is 261 g/mol. The number of hydrogen-bond donors (Lipinski definition) is 2. The van der Waals surface area contributed by atoms with Crippen molar-refractivity contribution in [3.05, 3.63) is 41.3 Å². The number of pyridine rings is 1. The number of nitrogens with one attached hydrogen (secondary N) is 1. The van der Waals surface area contributed by atoms with Gasteiger partial charge in [-0.2, -0.15) is 0 Å². The van der Waals surface area contributed by atoms with E-state index >= 15 is 0 Å². The van der Waals surface area contributed by atoms with Crippen molar-refractivity contribution in [1.29, 1.82) is 0 Å². The van der Waals surface area contributed by atoms with Gasteiger partial charge in [-0.05, 0) is 18.2 Å². The number of rotatable bonds is 2. The molecule has 3 rings (SSSR count). The number of H-pyrrole nitrogens is 1. The fraction of sp³-hybridized carbons (Fsp3) is 0. The summed E-state index contributed by atoms with van der Waals surface area (Å²) in [4.78, 5) is 19.3. The standard InChI is InChI=1S/C12H8FN3OS/c13-6-3-7-8(5-16-12(7)15-4-6)9-1-2-10(18-9)11(14)17/h1-5H,(H2,14,17)(H,15,16). The largest absolute Gasteiger partial charge is 0.365 e. The molecular formula is C12H8FN3OS. The molecular weight excluding hydrogens is 253 g/mol. The fourth-order valence-corrected chi connectivity index (χ4v) is 2.69. The molecule has 0 radical (unpaired) electrons. The van der Waals surface area contributed by atoms with Crippen molar-refractivity contribution < 1.29 is 9.18 Å². The third-order valence-corrected chi connectivity index (χ3v) is 3.75. The number of thiophene rings is 1.